The molecule has 2 aromatic carbocycles. The van der Waals surface area contributed by atoms with E-state index < -0.39 is 37.5 Å². The zero-order valence-corrected chi connectivity index (χ0v) is 21.1. The lowest BCUT2D eigenvalue weighted by Gasteiger charge is -2.16. The number of amides is 1. The monoisotopic (exact) mass is 539 g/mol. The van der Waals surface area contributed by atoms with Crippen molar-refractivity contribution in [2.75, 3.05) is 18.8 Å². The number of sulfonamides is 1. The number of aryl methyl sites for hydroxylation is 1. The highest BCUT2D eigenvalue weighted by atomic mass is 35.5. The second kappa shape index (κ2) is 9.90. The Kier molecular flexibility index (Phi) is 7.47. The summed E-state index contributed by atoms with van der Waals surface area (Å²) in [6, 6.07) is 8.04. The summed E-state index contributed by atoms with van der Waals surface area (Å²) >= 11 is 5.60. The molecule has 7 nitrogen and oxygen atoms in total. The van der Waals surface area contributed by atoms with Crippen LogP contribution in [0.4, 0.5) is 18.9 Å². The molecule has 3 rings (SSSR count). The number of pyridine rings is 1. The average molecular weight is 540 g/mol. The van der Waals surface area contributed by atoms with Gasteiger partial charge >= 0.3 is 6.18 Å². The summed E-state index contributed by atoms with van der Waals surface area (Å²) in [5.74, 6) is -1.01. The van der Waals surface area contributed by atoms with Crippen LogP contribution in [-0.4, -0.2) is 44.1 Å². The number of benzene rings is 2. The van der Waals surface area contributed by atoms with Crippen LogP contribution in [0.1, 0.15) is 43.1 Å². The van der Waals surface area contributed by atoms with Gasteiger partial charge in [-0.1, -0.05) is 23.7 Å². The Labute approximate surface area is 211 Å². The molecule has 0 aliphatic heterocycles. The van der Waals surface area contributed by atoms with Crippen LogP contribution in [0.15, 0.2) is 53.6 Å². The largest absolute Gasteiger partial charge is 0.417 e. The molecule has 1 aromatic heterocycles. The van der Waals surface area contributed by atoms with Crippen LogP contribution >= 0.6 is 11.6 Å². The van der Waals surface area contributed by atoms with Crippen LogP contribution in [0.5, 0.6) is 0 Å². The molecule has 12 heteroatoms. The predicted octanol–water partition coefficient (Wildman–Crippen LogP) is 5.10. The van der Waals surface area contributed by atoms with Gasteiger partial charge in [-0.25, -0.2) is 8.42 Å². The van der Waals surface area contributed by atoms with E-state index in [4.69, 9.17) is 11.6 Å². The van der Waals surface area contributed by atoms with E-state index in [9.17, 15) is 31.2 Å². The Bertz CT molecular complexity index is 1470. The number of anilines is 1. The Morgan fingerprint density at radius 3 is 2.28 bits per heavy atom. The highest BCUT2D eigenvalue weighted by Crippen LogP contribution is 2.36. The third-order valence-electron chi connectivity index (χ3n) is 5.25. The lowest BCUT2D eigenvalue weighted by atomic mass is 9.96. The molecule has 0 radical (unpaired) electrons. The van der Waals surface area contributed by atoms with Crippen molar-refractivity contribution in [2.24, 2.45) is 0 Å². The van der Waals surface area contributed by atoms with Gasteiger partial charge in [0, 0.05) is 31.4 Å². The molecule has 1 amide bonds. The zero-order chi connectivity index (χ0) is 27.0. The summed E-state index contributed by atoms with van der Waals surface area (Å²) in [6.07, 6.45) is -3.53. The highest BCUT2D eigenvalue weighted by molar-refractivity contribution is 7.92. The lowest BCUT2D eigenvalue weighted by Crippen LogP contribution is -2.23. The maximum atomic E-state index is 13.4. The minimum Gasteiger partial charge on any atom is -0.345 e. The number of rotatable bonds is 6. The first-order chi connectivity index (χ1) is 16.6. The van der Waals surface area contributed by atoms with Crippen molar-refractivity contribution < 1.29 is 31.2 Å². The maximum Gasteiger partial charge on any atom is 0.417 e. The quantitative estimate of drug-likeness (QED) is 0.439. The van der Waals surface area contributed by atoms with Gasteiger partial charge in [0.05, 0.1) is 21.2 Å². The van der Waals surface area contributed by atoms with Gasteiger partial charge in [0.1, 0.15) is 5.69 Å². The normalized spacial score (nSPS) is 11.8. The molecular weight excluding hydrogens is 519 g/mol. The number of halogens is 4. The first kappa shape index (κ1) is 27.2. The van der Waals surface area contributed by atoms with Crippen LogP contribution in [-0.2, 0) is 16.2 Å². The molecule has 0 saturated heterocycles. The molecular formula is C24H21ClF3N3O4S. The molecule has 0 atom stereocenters. The number of hydrogen-bond donors (Lipinski definition) is 1. The van der Waals surface area contributed by atoms with Crippen molar-refractivity contribution >= 4 is 39.0 Å². The topological polar surface area (TPSA) is 96.4 Å². The SMILES string of the molecule is Cc1cnc(C(=O)c2cccc(C(=O)N(C)C)c2C)c(NS(=O)(=O)c2ccc(Cl)c(C(F)(F)F)c2)c1. The zero-order valence-electron chi connectivity index (χ0n) is 19.6. The number of aromatic nitrogens is 1. The number of nitrogens with zero attached hydrogens (tertiary/aromatic N) is 2. The van der Waals surface area contributed by atoms with Gasteiger partial charge in [-0.05, 0) is 55.3 Å². The summed E-state index contributed by atoms with van der Waals surface area (Å²) < 4.78 is 67.9. The molecule has 0 aliphatic rings. The standard InChI is InChI=1S/C24H21ClF3N3O4S/c1-13-10-20(30-36(34,35)15-8-9-19(25)18(11-15)24(26,27)28)21(29-12-13)22(32)16-6-5-7-17(14(16)2)23(33)31(3)4/h5-12,30H,1-4H3. The van der Waals surface area contributed by atoms with Crippen molar-refractivity contribution in [2.45, 2.75) is 24.9 Å². The second-order valence-corrected chi connectivity index (χ2v) is 10.3. The molecule has 0 bridgehead atoms. The smallest absolute Gasteiger partial charge is 0.345 e. The summed E-state index contributed by atoms with van der Waals surface area (Å²) in [5.41, 5.74) is -0.580. The van der Waals surface area contributed by atoms with Gasteiger partial charge in [0.15, 0.2) is 0 Å². The molecule has 36 heavy (non-hydrogen) atoms. The maximum absolute atomic E-state index is 13.4. The van der Waals surface area contributed by atoms with Crippen molar-refractivity contribution in [1.82, 2.24) is 9.88 Å². The Balaban J connectivity index is 2.08. The van der Waals surface area contributed by atoms with E-state index in [1.54, 1.807) is 34.0 Å². The van der Waals surface area contributed by atoms with Crippen LogP contribution in [0.25, 0.3) is 0 Å². The molecule has 0 unspecified atom stereocenters. The molecule has 0 fully saturated rings. The Morgan fingerprint density at radius 1 is 1.03 bits per heavy atom. The molecule has 1 N–H and O–H groups in total. The number of hydrogen-bond acceptors (Lipinski definition) is 5. The molecule has 0 saturated carbocycles. The number of carbonyl (C=O) groups excluding carboxylic acids is 2. The van der Waals surface area contributed by atoms with E-state index in [0.717, 1.165) is 12.1 Å². The first-order valence-electron chi connectivity index (χ1n) is 10.4. The number of nitrogens with one attached hydrogen (secondary N) is 1. The third-order valence-corrected chi connectivity index (χ3v) is 6.95. The van der Waals surface area contributed by atoms with Crippen LogP contribution in [0, 0.1) is 13.8 Å². The molecule has 0 spiro atoms. The number of alkyl halides is 3. The van der Waals surface area contributed by atoms with Gasteiger partial charge in [-0.3, -0.25) is 19.3 Å². The van der Waals surface area contributed by atoms with Gasteiger partial charge in [0.25, 0.3) is 15.9 Å². The van der Waals surface area contributed by atoms with E-state index in [1.165, 1.54) is 29.3 Å². The fraction of sp³-hybridized carbons (Fsp3) is 0.208. The minimum absolute atomic E-state index is 0.116. The van der Waals surface area contributed by atoms with E-state index in [-0.39, 0.29) is 28.4 Å². The molecule has 1 heterocycles. The number of ketones is 1. The van der Waals surface area contributed by atoms with Gasteiger partial charge in [0.2, 0.25) is 5.78 Å². The summed E-state index contributed by atoms with van der Waals surface area (Å²) in [4.78, 5) is 30.6. The van der Waals surface area contributed by atoms with Gasteiger partial charge < -0.3 is 4.90 Å². The highest BCUT2D eigenvalue weighted by Gasteiger charge is 2.35. The lowest BCUT2D eigenvalue weighted by molar-refractivity contribution is -0.137. The summed E-state index contributed by atoms with van der Waals surface area (Å²) in [5, 5.41) is -0.655. The van der Waals surface area contributed by atoms with Crippen LogP contribution in [0.3, 0.4) is 0 Å². The number of carbonyl (C=O) groups is 2. The molecule has 0 aliphatic carbocycles. The van der Waals surface area contributed by atoms with E-state index in [2.05, 4.69) is 9.71 Å². The van der Waals surface area contributed by atoms with E-state index in [0.29, 0.717) is 17.2 Å². The van der Waals surface area contributed by atoms with Crippen LogP contribution < -0.4 is 4.72 Å². The summed E-state index contributed by atoms with van der Waals surface area (Å²) in [6.45, 7) is 3.18. The fourth-order valence-corrected chi connectivity index (χ4v) is 4.71. The van der Waals surface area contributed by atoms with Gasteiger partial charge in [-0.2, -0.15) is 13.2 Å². The third kappa shape index (κ3) is 5.52. The Hall–Kier alpha value is -3.44. The predicted molar refractivity (Wildman–Crippen MR) is 129 cm³/mol. The van der Waals surface area contributed by atoms with Crippen molar-refractivity contribution in [3.8, 4) is 0 Å². The van der Waals surface area contributed by atoms with Gasteiger partial charge in [-0.15, -0.1) is 0 Å². The Morgan fingerprint density at radius 2 is 1.67 bits per heavy atom. The molecule has 190 valence electrons. The minimum atomic E-state index is -4.87. The molecule has 3 aromatic rings. The van der Waals surface area contributed by atoms with Crippen molar-refractivity contribution in [3.05, 3.63) is 87.2 Å². The van der Waals surface area contributed by atoms with Crippen LogP contribution in [0.2, 0.25) is 5.02 Å². The summed E-state index contributed by atoms with van der Waals surface area (Å²) in [7, 11) is -1.45. The second-order valence-electron chi connectivity index (χ2n) is 8.16. The first-order valence-corrected chi connectivity index (χ1v) is 12.2. The van der Waals surface area contributed by atoms with E-state index >= 15 is 0 Å². The van der Waals surface area contributed by atoms with Crippen molar-refractivity contribution in [1.29, 1.82) is 0 Å². The average Bonchev–Trinajstić information content (AvgIpc) is 2.77. The van der Waals surface area contributed by atoms with E-state index in [1.807, 2.05) is 0 Å². The fourth-order valence-electron chi connectivity index (χ4n) is 3.40. The van der Waals surface area contributed by atoms with Crippen molar-refractivity contribution in [3.63, 3.8) is 0 Å².